The van der Waals surface area contributed by atoms with Crippen LogP contribution in [0.4, 0.5) is 0 Å². The molecule has 0 radical (unpaired) electrons. The van der Waals surface area contributed by atoms with Crippen molar-refractivity contribution in [2.24, 2.45) is 0 Å². The second kappa shape index (κ2) is 11.6. The molecule has 0 aliphatic carbocycles. The number of aromatic nitrogens is 2. The van der Waals surface area contributed by atoms with Gasteiger partial charge in [-0.2, -0.15) is 0 Å². The van der Waals surface area contributed by atoms with Crippen LogP contribution in [0, 0.1) is 0 Å². The lowest BCUT2D eigenvalue weighted by atomic mass is 10.2. The number of halogens is 5. The maximum absolute atomic E-state index is 6.22. The second-order valence-electron chi connectivity index (χ2n) is 6.02. The Labute approximate surface area is 184 Å². The predicted octanol–water partition coefficient (Wildman–Crippen LogP) is 7.19. The second-order valence-corrected chi connectivity index (χ2v) is 7.91. The molecule has 0 spiro atoms. The first kappa shape index (κ1) is 22.9. The first-order chi connectivity index (χ1) is 13.0. The molecule has 1 heterocycles. The smallest absolute Gasteiger partial charge is 0.159 e. The third kappa shape index (κ3) is 6.59. The van der Waals surface area contributed by atoms with Gasteiger partial charge in [-0.25, -0.2) is 4.98 Å². The van der Waals surface area contributed by atoms with E-state index in [1.807, 2.05) is 10.8 Å². The van der Waals surface area contributed by atoms with E-state index in [9.17, 15) is 0 Å². The van der Waals surface area contributed by atoms with Crippen molar-refractivity contribution in [3.8, 4) is 5.75 Å². The van der Waals surface area contributed by atoms with Gasteiger partial charge in [0, 0.05) is 19.0 Å². The number of ether oxygens (including phenoxy) is 2. The lowest BCUT2D eigenvalue weighted by Crippen LogP contribution is -2.27. The van der Waals surface area contributed by atoms with Gasteiger partial charge in [-0.15, -0.1) is 0 Å². The van der Waals surface area contributed by atoms with Crippen LogP contribution in [0.5, 0.6) is 5.75 Å². The Bertz CT molecular complexity index is 696. The molecule has 1 aromatic heterocycles. The average molecular weight is 475 g/mol. The lowest BCUT2D eigenvalue weighted by molar-refractivity contribution is 0.00816. The van der Waals surface area contributed by atoms with E-state index < -0.39 is 0 Å². The van der Waals surface area contributed by atoms with E-state index in [-0.39, 0.29) is 43.6 Å². The van der Waals surface area contributed by atoms with Gasteiger partial charge in [0.25, 0.3) is 0 Å². The number of imidazole rings is 1. The molecule has 9 heteroatoms. The fourth-order valence-electron chi connectivity index (χ4n) is 2.45. The van der Waals surface area contributed by atoms with Crippen LogP contribution in [0.1, 0.15) is 32.6 Å². The Hall–Kier alpha value is -0.360. The Morgan fingerprint density at radius 3 is 2.22 bits per heavy atom. The SMILES string of the molecule is CCCCCCOC(COc1c(Cl)c(Cl)c(Cl)c(Cl)c1Cl)Cn1ccnc1. The minimum absolute atomic E-state index is 0.0998. The summed E-state index contributed by atoms with van der Waals surface area (Å²) in [6.45, 7) is 3.62. The molecule has 0 fully saturated rings. The van der Waals surface area contributed by atoms with Gasteiger partial charge < -0.3 is 14.0 Å². The first-order valence-corrected chi connectivity index (χ1v) is 10.6. The number of hydrogen-bond acceptors (Lipinski definition) is 3. The minimum Gasteiger partial charge on any atom is -0.488 e. The van der Waals surface area contributed by atoms with Crippen molar-refractivity contribution >= 4 is 58.0 Å². The Balaban J connectivity index is 2.04. The topological polar surface area (TPSA) is 36.3 Å². The Morgan fingerprint density at radius 1 is 0.963 bits per heavy atom. The first-order valence-electron chi connectivity index (χ1n) is 8.67. The van der Waals surface area contributed by atoms with E-state index in [1.54, 1.807) is 12.5 Å². The van der Waals surface area contributed by atoms with Gasteiger partial charge in [0.05, 0.1) is 27.9 Å². The molecular formula is C18H21Cl5N2O2. The molecule has 150 valence electrons. The highest BCUT2D eigenvalue weighted by Gasteiger charge is 2.22. The van der Waals surface area contributed by atoms with Crippen LogP contribution in [0.3, 0.4) is 0 Å². The minimum atomic E-state index is -0.221. The van der Waals surface area contributed by atoms with Crippen LogP contribution in [-0.2, 0) is 11.3 Å². The third-order valence-corrected chi connectivity index (χ3v) is 6.15. The van der Waals surface area contributed by atoms with Crippen LogP contribution in [0.25, 0.3) is 0 Å². The van der Waals surface area contributed by atoms with Crippen LogP contribution in [0.2, 0.25) is 25.1 Å². The molecule has 2 aromatic rings. The summed E-state index contributed by atoms with van der Waals surface area (Å²) >= 11 is 30.6. The van der Waals surface area contributed by atoms with Gasteiger partial charge in [-0.1, -0.05) is 84.2 Å². The van der Waals surface area contributed by atoms with Gasteiger partial charge in [0.2, 0.25) is 0 Å². The zero-order chi connectivity index (χ0) is 19.8. The molecule has 27 heavy (non-hydrogen) atoms. The Morgan fingerprint density at radius 2 is 1.63 bits per heavy atom. The van der Waals surface area contributed by atoms with Gasteiger partial charge >= 0.3 is 0 Å². The van der Waals surface area contributed by atoms with Gasteiger partial charge in [0.1, 0.15) is 22.8 Å². The lowest BCUT2D eigenvalue weighted by Gasteiger charge is -2.21. The summed E-state index contributed by atoms with van der Waals surface area (Å²) in [5.41, 5.74) is 0. The fourth-order valence-corrected chi connectivity index (χ4v) is 3.68. The number of nitrogens with zero attached hydrogens (tertiary/aromatic N) is 2. The molecule has 1 aromatic carbocycles. The van der Waals surface area contributed by atoms with E-state index in [1.165, 1.54) is 12.8 Å². The van der Waals surface area contributed by atoms with Crippen molar-refractivity contribution in [1.82, 2.24) is 9.55 Å². The summed E-state index contributed by atoms with van der Waals surface area (Å²) in [7, 11) is 0. The summed E-state index contributed by atoms with van der Waals surface area (Å²) in [5, 5.41) is 0.562. The van der Waals surface area contributed by atoms with Gasteiger partial charge in [-0.3, -0.25) is 0 Å². The zero-order valence-corrected chi connectivity index (χ0v) is 18.6. The summed E-state index contributed by atoms with van der Waals surface area (Å²) in [5.74, 6) is 0.197. The van der Waals surface area contributed by atoms with Crippen molar-refractivity contribution in [3.05, 3.63) is 43.8 Å². The quantitative estimate of drug-likeness (QED) is 0.196. The summed E-state index contributed by atoms with van der Waals surface area (Å²) < 4.78 is 13.7. The largest absolute Gasteiger partial charge is 0.488 e. The van der Waals surface area contributed by atoms with E-state index in [4.69, 9.17) is 67.5 Å². The molecule has 0 N–H and O–H groups in total. The van der Waals surface area contributed by atoms with Crippen LogP contribution < -0.4 is 4.74 Å². The summed E-state index contributed by atoms with van der Waals surface area (Å²) in [6.07, 6.45) is 9.58. The number of rotatable bonds is 11. The predicted molar refractivity (Wildman–Crippen MR) is 113 cm³/mol. The fraction of sp³-hybridized carbons (Fsp3) is 0.500. The maximum atomic E-state index is 6.22. The molecule has 2 rings (SSSR count). The van der Waals surface area contributed by atoms with Crippen LogP contribution >= 0.6 is 58.0 Å². The number of benzene rings is 1. The summed E-state index contributed by atoms with van der Waals surface area (Å²) in [6, 6.07) is 0. The molecule has 0 saturated carbocycles. The van der Waals surface area contributed by atoms with Crippen molar-refractivity contribution in [3.63, 3.8) is 0 Å². The molecule has 0 saturated heterocycles. The van der Waals surface area contributed by atoms with Gasteiger partial charge in [-0.05, 0) is 6.42 Å². The monoisotopic (exact) mass is 472 g/mol. The highest BCUT2D eigenvalue weighted by Crippen LogP contribution is 2.48. The zero-order valence-electron chi connectivity index (χ0n) is 14.9. The highest BCUT2D eigenvalue weighted by atomic mass is 35.5. The van der Waals surface area contributed by atoms with Crippen molar-refractivity contribution in [1.29, 1.82) is 0 Å². The molecule has 0 bridgehead atoms. The maximum Gasteiger partial charge on any atom is 0.159 e. The van der Waals surface area contributed by atoms with Crippen molar-refractivity contribution < 1.29 is 9.47 Å². The van der Waals surface area contributed by atoms with E-state index in [2.05, 4.69) is 11.9 Å². The van der Waals surface area contributed by atoms with E-state index >= 15 is 0 Å². The van der Waals surface area contributed by atoms with Crippen LogP contribution in [-0.4, -0.2) is 28.9 Å². The van der Waals surface area contributed by atoms with Crippen molar-refractivity contribution in [2.75, 3.05) is 13.2 Å². The molecule has 0 amide bonds. The number of unbranched alkanes of at least 4 members (excludes halogenated alkanes) is 3. The average Bonchev–Trinajstić information content (AvgIpc) is 3.17. The summed E-state index contributed by atoms with van der Waals surface area (Å²) in [4.78, 5) is 4.05. The molecule has 1 atom stereocenters. The molecular weight excluding hydrogens is 453 g/mol. The van der Waals surface area contributed by atoms with Crippen LogP contribution in [0.15, 0.2) is 18.7 Å². The molecule has 0 aliphatic heterocycles. The van der Waals surface area contributed by atoms with E-state index in [0.717, 1.165) is 12.8 Å². The van der Waals surface area contributed by atoms with Gasteiger partial charge in [0.15, 0.2) is 5.75 Å². The molecule has 4 nitrogen and oxygen atoms in total. The third-order valence-electron chi connectivity index (χ3n) is 3.91. The highest BCUT2D eigenvalue weighted by molar-refractivity contribution is 6.55. The number of hydrogen-bond donors (Lipinski definition) is 0. The molecule has 1 unspecified atom stereocenters. The Kier molecular flexibility index (Phi) is 9.85. The van der Waals surface area contributed by atoms with E-state index in [0.29, 0.717) is 13.2 Å². The normalized spacial score (nSPS) is 12.4. The molecule has 0 aliphatic rings. The standard InChI is InChI=1S/C18H21Cl5N2O2/c1-2-3-4-5-8-26-12(9-25-7-6-24-11-25)10-27-18-16(22)14(20)13(19)15(21)17(18)23/h6-7,11-12H,2-5,8-10H2,1H3. The van der Waals surface area contributed by atoms with Crippen molar-refractivity contribution in [2.45, 2.75) is 45.3 Å².